The molecule has 1 aromatic carbocycles. The largest absolute Gasteiger partial charge is 0.274 e. The summed E-state index contributed by atoms with van der Waals surface area (Å²) in [5.41, 5.74) is -0.553. The van der Waals surface area contributed by atoms with Crippen LogP contribution < -0.4 is 4.90 Å². The van der Waals surface area contributed by atoms with Gasteiger partial charge in [0.1, 0.15) is 0 Å². The standard InChI is InChI=1S/C12H10ClN3O2/c1-12-9(6-14-15-12)10(17)16(11(12)18)8-4-2-3-7(13)5-8/h2-5,9H,6H2,1H3/t9-,12+/m0/s1. The van der Waals surface area contributed by atoms with Gasteiger partial charge in [0, 0.05) is 5.02 Å². The smallest absolute Gasteiger partial charge is 0.264 e. The summed E-state index contributed by atoms with van der Waals surface area (Å²) in [6, 6.07) is 6.68. The highest BCUT2D eigenvalue weighted by atomic mass is 35.5. The second-order valence-corrected chi connectivity index (χ2v) is 5.02. The normalized spacial score (nSPS) is 30.1. The number of imide groups is 1. The van der Waals surface area contributed by atoms with Gasteiger partial charge in [0.15, 0.2) is 5.54 Å². The molecular weight excluding hydrogens is 254 g/mol. The first-order valence-electron chi connectivity index (χ1n) is 5.56. The van der Waals surface area contributed by atoms with E-state index in [9.17, 15) is 9.59 Å². The molecule has 0 unspecified atom stereocenters. The van der Waals surface area contributed by atoms with Gasteiger partial charge in [0.2, 0.25) is 5.91 Å². The molecule has 2 aliphatic heterocycles. The number of carbonyl (C=O) groups excluding carboxylic acids is 2. The van der Waals surface area contributed by atoms with Crippen LogP contribution in [0.15, 0.2) is 34.5 Å². The topological polar surface area (TPSA) is 62.1 Å². The van der Waals surface area contributed by atoms with E-state index >= 15 is 0 Å². The van der Waals surface area contributed by atoms with E-state index < -0.39 is 11.5 Å². The highest BCUT2D eigenvalue weighted by Crippen LogP contribution is 2.40. The van der Waals surface area contributed by atoms with E-state index in [1.807, 2.05) is 0 Å². The summed E-state index contributed by atoms with van der Waals surface area (Å²) in [5, 5.41) is 8.24. The summed E-state index contributed by atoms with van der Waals surface area (Å²) in [7, 11) is 0. The minimum Gasteiger partial charge on any atom is -0.274 e. The third-order valence-electron chi connectivity index (χ3n) is 3.44. The van der Waals surface area contributed by atoms with Crippen molar-refractivity contribution >= 4 is 29.1 Å². The molecule has 0 aromatic heterocycles. The lowest BCUT2D eigenvalue weighted by atomic mass is 9.90. The number of hydrogen-bond donors (Lipinski definition) is 0. The minimum absolute atomic E-state index is 0.255. The van der Waals surface area contributed by atoms with Crippen molar-refractivity contribution in [2.75, 3.05) is 11.4 Å². The van der Waals surface area contributed by atoms with Crippen molar-refractivity contribution in [3.8, 4) is 0 Å². The van der Waals surface area contributed by atoms with Crippen LogP contribution >= 0.6 is 11.6 Å². The fourth-order valence-corrected chi connectivity index (χ4v) is 2.55. The molecule has 1 aromatic rings. The molecule has 0 radical (unpaired) electrons. The summed E-state index contributed by atoms with van der Waals surface area (Å²) in [5.74, 6) is -1.07. The predicted molar refractivity (Wildman–Crippen MR) is 65.6 cm³/mol. The van der Waals surface area contributed by atoms with Crippen molar-refractivity contribution in [2.45, 2.75) is 12.5 Å². The second kappa shape index (κ2) is 3.62. The van der Waals surface area contributed by atoms with Gasteiger partial charge in [0.25, 0.3) is 5.91 Å². The molecule has 92 valence electrons. The van der Waals surface area contributed by atoms with Gasteiger partial charge in [0.05, 0.1) is 18.2 Å². The van der Waals surface area contributed by atoms with Gasteiger partial charge in [-0.15, -0.1) is 0 Å². The average molecular weight is 264 g/mol. The number of halogens is 1. The van der Waals surface area contributed by atoms with Crippen molar-refractivity contribution in [1.29, 1.82) is 0 Å². The van der Waals surface area contributed by atoms with Crippen LogP contribution in [0.3, 0.4) is 0 Å². The summed E-state index contributed by atoms with van der Waals surface area (Å²) in [6.45, 7) is 1.93. The number of hydrogen-bond acceptors (Lipinski definition) is 4. The van der Waals surface area contributed by atoms with Crippen LogP contribution in [0.5, 0.6) is 0 Å². The van der Waals surface area contributed by atoms with E-state index in [1.165, 1.54) is 0 Å². The van der Waals surface area contributed by atoms with E-state index in [-0.39, 0.29) is 18.4 Å². The Morgan fingerprint density at radius 3 is 2.89 bits per heavy atom. The Labute approximate surface area is 108 Å². The molecule has 5 nitrogen and oxygen atoms in total. The Morgan fingerprint density at radius 1 is 1.44 bits per heavy atom. The highest BCUT2D eigenvalue weighted by molar-refractivity contribution is 6.31. The number of azo groups is 1. The molecule has 0 aliphatic carbocycles. The maximum absolute atomic E-state index is 12.3. The molecule has 18 heavy (non-hydrogen) atoms. The number of rotatable bonds is 1. The lowest BCUT2D eigenvalue weighted by Gasteiger charge is -2.16. The zero-order valence-corrected chi connectivity index (χ0v) is 10.4. The van der Waals surface area contributed by atoms with E-state index in [1.54, 1.807) is 31.2 Å². The molecular formula is C12H10ClN3O2. The number of carbonyl (C=O) groups is 2. The summed E-state index contributed by atoms with van der Waals surface area (Å²) < 4.78 is 0. The Bertz CT molecular complexity index is 586. The van der Waals surface area contributed by atoms with E-state index in [2.05, 4.69) is 10.2 Å². The van der Waals surface area contributed by atoms with E-state index in [0.29, 0.717) is 10.7 Å². The molecule has 1 saturated heterocycles. The zero-order chi connectivity index (χ0) is 12.9. The van der Waals surface area contributed by atoms with Crippen molar-refractivity contribution in [3.63, 3.8) is 0 Å². The quantitative estimate of drug-likeness (QED) is 0.728. The lowest BCUT2D eigenvalue weighted by Crippen LogP contribution is -2.37. The van der Waals surface area contributed by atoms with Crippen molar-refractivity contribution in [3.05, 3.63) is 29.3 Å². The van der Waals surface area contributed by atoms with Gasteiger partial charge >= 0.3 is 0 Å². The molecule has 3 rings (SSSR count). The predicted octanol–water partition coefficient (Wildman–Crippen LogP) is 2.05. The Hall–Kier alpha value is -1.75. The van der Waals surface area contributed by atoms with Gasteiger partial charge < -0.3 is 0 Å². The van der Waals surface area contributed by atoms with Crippen LogP contribution in [-0.2, 0) is 9.59 Å². The van der Waals surface area contributed by atoms with Crippen LogP contribution in [0.25, 0.3) is 0 Å². The SMILES string of the molecule is C[C@@]12N=NC[C@H]1C(=O)N(c1cccc(Cl)c1)C2=O. The van der Waals surface area contributed by atoms with Crippen LogP contribution in [0.2, 0.25) is 5.02 Å². The molecule has 0 bridgehead atoms. The highest BCUT2D eigenvalue weighted by Gasteiger charge is 2.59. The molecule has 0 saturated carbocycles. The molecule has 2 amide bonds. The molecule has 6 heteroatoms. The summed E-state index contributed by atoms with van der Waals surface area (Å²) >= 11 is 5.88. The summed E-state index contributed by atoms with van der Waals surface area (Å²) in [6.07, 6.45) is 0. The third kappa shape index (κ3) is 1.34. The average Bonchev–Trinajstić information content (AvgIpc) is 2.79. The van der Waals surface area contributed by atoms with E-state index in [0.717, 1.165) is 4.90 Å². The number of nitrogens with zero attached hydrogens (tertiary/aromatic N) is 3. The van der Waals surface area contributed by atoms with Gasteiger partial charge in [-0.1, -0.05) is 17.7 Å². The molecule has 0 N–H and O–H groups in total. The third-order valence-corrected chi connectivity index (χ3v) is 3.68. The monoisotopic (exact) mass is 263 g/mol. The molecule has 2 aliphatic rings. The second-order valence-electron chi connectivity index (χ2n) is 4.58. The molecule has 1 fully saturated rings. The number of benzene rings is 1. The van der Waals surface area contributed by atoms with Gasteiger partial charge in [-0.2, -0.15) is 10.2 Å². The first kappa shape index (κ1) is 11.3. The van der Waals surface area contributed by atoms with E-state index in [4.69, 9.17) is 11.6 Å². The number of fused-ring (bicyclic) bond motifs is 1. The number of anilines is 1. The molecule has 2 heterocycles. The Balaban J connectivity index is 2.07. The zero-order valence-electron chi connectivity index (χ0n) is 9.63. The first-order valence-corrected chi connectivity index (χ1v) is 5.94. The Morgan fingerprint density at radius 2 is 2.22 bits per heavy atom. The molecule has 0 spiro atoms. The Kier molecular flexibility index (Phi) is 2.28. The van der Waals surface area contributed by atoms with Crippen molar-refractivity contribution < 1.29 is 9.59 Å². The van der Waals surface area contributed by atoms with Crippen LogP contribution in [0, 0.1) is 5.92 Å². The molecule has 2 atom stereocenters. The van der Waals surface area contributed by atoms with Gasteiger partial charge in [-0.3, -0.25) is 9.59 Å². The van der Waals surface area contributed by atoms with Crippen molar-refractivity contribution in [2.24, 2.45) is 16.1 Å². The fourth-order valence-electron chi connectivity index (χ4n) is 2.37. The first-order chi connectivity index (χ1) is 8.54. The van der Waals surface area contributed by atoms with Gasteiger partial charge in [-0.25, -0.2) is 4.90 Å². The van der Waals surface area contributed by atoms with Crippen LogP contribution in [0.4, 0.5) is 5.69 Å². The van der Waals surface area contributed by atoms with Crippen LogP contribution in [-0.4, -0.2) is 23.9 Å². The van der Waals surface area contributed by atoms with Crippen molar-refractivity contribution in [1.82, 2.24) is 0 Å². The summed E-state index contributed by atoms with van der Waals surface area (Å²) in [4.78, 5) is 25.8. The number of amides is 2. The fraction of sp³-hybridized carbons (Fsp3) is 0.333. The van der Waals surface area contributed by atoms with Gasteiger partial charge in [-0.05, 0) is 25.1 Å². The maximum atomic E-state index is 12.3. The maximum Gasteiger partial charge on any atom is 0.264 e. The van der Waals surface area contributed by atoms with Crippen LogP contribution in [0.1, 0.15) is 6.92 Å². The minimum atomic E-state index is -1.04. The lowest BCUT2D eigenvalue weighted by molar-refractivity contribution is -0.122.